The number of nitrogens with zero attached hydrogens (tertiary/aromatic N) is 5. The quantitative estimate of drug-likeness (QED) is 0.103. The standard InChI is InChI=1S/C41H48F2N8O4/c42-29-10-13-34(43)32(24-29)36-7-5-20-50(36)37-18-23-51-39(47-37)33(25-45-51)40(54)44-19-4-2-1-3-6-31(52)26-49-21-16-28(17-22-49)27-8-11-30(12-9-27)46-35-14-15-38(53)48-41(35)55/h8-13,18,23-25,28,35-36,46H,1-7,14-17,19-22,26H2,(H,44,54)(H,48,53,55)/t35?,36-/m1/s1. The minimum atomic E-state index is -0.483. The zero-order valence-electron chi connectivity index (χ0n) is 30.9. The summed E-state index contributed by atoms with van der Waals surface area (Å²) in [7, 11) is 0. The van der Waals surface area contributed by atoms with E-state index < -0.39 is 17.7 Å². The number of likely N-dealkylation sites (tertiary alicyclic amines) is 1. The zero-order chi connectivity index (χ0) is 38.3. The third kappa shape index (κ3) is 9.35. The lowest BCUT2D eigenvalue weighted by Crippen LogP contribution is -2.47. The number of fused-ring (bicyclic) bond motifs is 1. The maximum atomic E-state index is 14.6. The molecule has 0 aliphatic carbocycles. The number of anilines is 2. The molecule has 14 heteroatoms. The summed E-state index contributed by atoms with van der Waals surface area (Å²) in [6.45, 7) is 3.36. The van der Waals surface area contributed by atoms with E-state index in [1.165, 1.54) is 22.3 Å². The molecule has 2 aromatic heterocycles. The lowest BCUT2D eigenvalue weighted by molar-refractivity contribution is -0.133. The van der Waals surface area contributed by atoms with Gasteiger partial charge in [0, 0.05) is 43.4 Å². The first-order valence-electron chi connectivity index (χ1n) is 19.5. The Morgan fingerprint density at radius 3 is 2.51 bits per heavy atom. The number of Topliss-reactive ketones (excluding diaryl/α,β-unsaturated/α-hetero) is 1. The average Bonchev–Trinajstić information content (AvgIpc) is 3.85. The van der Waals surface area contributed by atoms with E-state index in [0.29, 0.717) is 73.8 Å². The smallest absolute Gasteiger partial charge is 0.256 e. The van der Waals surface area contributed by atoms with Gasteiger partial charge in [0.2, 0.25) is 11.8 Å². The van der Waals surface area contributed by atoms with Gasteiger partial charge in [-0.2, -0.15) is 5.10 Å². The third-order valence-corrected chi connectivity index (χ3v) is 11.1. The van der Waals surface area contributed by atoms with Crippen LogP contribution in [-0.4, -0.2) is 81.8 Å². The van der Waals surface area contributed by atoms with Crippen LogP contribution in [0, 0.1) is 11.6 Å². The lowest BCUT2D eigenvalue weighted by atomic mass is 9.89. The molecule has 0 spiro atoms. The third-order valence-electron chi connectivity index (χ3n) is 11.1. The van der Waals surface area contributed by atoms with Crippen LogP contribution in [-0.2, 0) is 14.4 Å². The number of piperidine rings is 2. The molecule has 2 atom stereocenters. The number of unbranched alkanes of at least 4 members (excludes halogenated alkanes) is 3. The Bertz CT molecular complexity index is 2010. The molecule has 290 valence electrons. The number of hydrogen-bond donors (Lipinski definition) is 3. The number of halogens is 2. The van der Waals surface area contributed by atoms with Crippen LogP contribution in [0.3, 0.4) is 0 Å². The second-order valence-electron chi connectivity index (χ2n) is 14.9. The lowest BCUT2D eigenvalue weighted by Gasteiger charge is -2.32. The summed E-state index contributed by atoms with van der Waals surface area (Å²) in [5, 5.41) is 12.9. The number of imide groups is 1. The van der Waals surface area contributed by atoms with Crippen LogP contribution in [0.15, 0.2) is 60.9 Å². The monoisotopic (exact) mass is 754 g/mol. The molecule has 4 aromatic rings. The summed E-state index contributed by atoms with van der Waals surface area (Å²) < 4.78 is 30.1. The number of nitrogens with one attached hydrogen (secondary N) is 3. The summed E-state index contributed by atoms with van der Waals surface area (Å²) in [6.07, 6.45) is 11.5. The predicted molar refractivity (Wildman–Crippen MR) is 204 cm³/mol. The van der Waals surface area contributed by atoms with Crippen LogP contribution in [0.4, 0.5) is 20.3 Å². The topological polar surface area (TPSA) is 141 Å². The highest BCUT2D eigenvalue weighted by molar-refractivity contribution is 6.01. The molecule has 3 fully saturated rings. The maximum absolute atomic E-state index is 14.6. The van der Waals surface area contributed by atoms with E-state index in [1.54, 1.807) is 12.3 Å². The molecule has 0 radical (unpaired) electrons. The molecule has 0 saturated carbocycles. The van der Waals surface area contributed by atoms with E-state index in [1.807, 2.05) is 17.0 Å². The Kier molecular flexibility index (Phi) is 12.1. The largest absolute Gasteiger partial charge is 0.374 e. The summed E-state index contributed by atoms with van der Waals surface area (Å²) in [5.74, 6) is -0.438. The van der Waals surface area contributed by atoms with Crippen molar-refractivity contribution in [3.8, 4) is 0 Å². The number of hydrogen-bond acceptors (Lipinski definition) is 9. The van der Waals surface area contributed by atoms with Gasteiger partial charge in [-0.1, -0.05) is 25.0 Å². The molecule has 3 aliphatic heterocycles. The minimum absolute atomic E-state index is 0.224. The number of carbonyl (C=O) groups is 4. The van der Waals surface area contributed by atoms with Gasteiger partial charge in [0.25, 0.3) is 5.91 Å². The van der Waals surface area contributed by atoms with Crippen molar-refractivity contribution in [3.05, 3.63) is 89.2 Å². The van der Waals surface area contributed by atoms with Crippen LogP contribution >= 0.6 is 0 Å². The average molecular weight is 755 g/mol. The van der Waals surface area contributed by atoms with Crippen molar-refractivity contribution in [3.63, 3.8) is 0 Å². The van der Waals surface area contributed by atoms with Gasteiger partial charge in [-0.3, -0.25) is 29.4 Å². The van der Waals surface area contributed by atoms with E-state index in [-0.39, 0.29) is 29.5 Å². The first-order chi connectivity index (χ1) is 26.7. The van der Waals surface area contributed by atoms with Crippen LogP contribution in [0.5, 0.6) is 0 Å². The van der Waals surface area contributed by atoms with E-state index in [0.717, 1.165) is 75.9 Å². The zero-order valence-corrected chi connectivity index (χ0v) is 30.9. The maximum Gasteiger partial charge on any atom is 0.256 e. The van der Waals surface area contributed by atoms with E-state index >= 15 is 0 Å². The summed E-state index contributed by atoms with van der Waals surface area (Å²) in [5.41, 5.74) is 3.17. The Hall–Kier alpha value is -5.24. The predicted octanol–water partition coefficient (Wildman–Crippen LogP) is 5.70. The molecule has 3 saturated heterocycles. The van der Waals surface area contributed by atoms with Crippen LogP contribution in [0.1, 0.15) is 104 Å². The number of ketones is 1. The normalized spacial score (nSPS) is 19.5. The van der Waals surface area contributed by atoms with Crippen LogP contribution in [0.25, 0.3) is 5.65 Å². The molecule has 55 heavy (non-hydrogen) atoms. The first-order valence-corrected chi connectivity index (χ1v) is 19.5. The fourth-order valence-corrected chi connectivity index (χ4v) is 8.05. The van der Waals surface area contributed by atoms with Crippen molar-refractivity contribution in [2.75, 3.05) is 42.9 Å². The highest BCUT2D eigenvalue weighted by atomic mass is 19.1. The number of benzene rings is 2. The van der Waals surface area contributed by atoms with Crippen molar-refractivity contribution in [1.82, 2.24) is 30.1 Å². The van der Waals surface area contributed by atoms with Crippen LogP contribution in [0.2, 0.25) is 0 Å². The van der Waals surface area contributed by atoms with Gasteiger partial charge in [-0.15, -0.1) is 0 Å². The van der Waals surface area contributed by atoms with Crippen LogP contribution < -0.4 is 20.9 Å². The van der Waals surface area contributed by atoms with Gasteiger partial charge in [0.1, 0.15) is 34.8 Å². The Morgan fingerprint density at radius 2 is 1.71 bits per heavy atom. The molecule has 12 nitrogen and oxygen atoms in total. The highest BCUT2D eigenvalue weighted by Gasteiger charge is 2.31. The van der Waals surface area contributed by atoms with E-state index in [2.05, 4.69) is 38.1 Å². The van der Waals surface area contributed by atoms with Gasteiger partial charge >= 0.3 is 0 Å². The van der Waals surface area contributed by atoms with Crippen molar-refractivity contribution in [1.29, 1.82) is 0 Å². The van der Waals surface area contributed by atoms with Crippen molar-refractivity contribution in [2.24, 2.45) is 0 Å². The molecule has 3 N–H and O–H groups in total. The van der Waals surface area contributed by atoms with Gasteiger partial charge in [-0.05, 0) is 106 Å². The fraction of sp³-hybridized carbons (Fsp3) is 0.463. The summed E-state index contributed by atoms with van der Waals surface area (Å²) in [4.78, 5) is 58.2. The molecule has 3 amide bonds. The Balaban J connectivity index is 0.784. The van der Waals surface area contributed by atoms with Gasteiger partial charge < -0.3 is 15.5 Å². The number of carbonyl (C=O) groups excluding carboxylic acids is 4. The molecule has 2 aromatic carbocycles. The summed E-state index contributed by atoms with van der Waals surface area (Å²) >= 11 is 0. The molecule has 0 bridgehead atoms. The number of aromatic nitrogens is 3. The second-order valence-corrected chi connectivity index (χ2v) is 14.9. The summed E-state index contributed by atoms with van der Waals surface area (Å²) in [6, 6.07) is 12.7. The highest BCUT2D eigenvalue weighted by Crippen LogP contribution is 2.37. The van der Waals surface area contributed by atoms with Gasteiger partial charge in [0.15, 0.2) is 5.65 Å². The van der Waals surface area contributed by atoms with Crippen molar-refractivity contribution in [2.45, 2.75) is 88.6 Å². The Morgan fingerprint density at radius 1 is 0.909 bits per heavy atom. The van der Waals surface area contributed by atoms with E-state index in [9.17, 15) is 28.0 Å². The minimum Gasteiger partial charge on any atom is -0.374 e. The van der Waals surface area contributed by atoms with E-state index in [4.69, 9.17) is 4.98 Å². The first kappa shape index (κ1) is 38.1. The second kappa shape index (κ2) is 17.5. The SMILES string of the molecule is O=C(CCCCCCNC(=O)c1cnn2ccc(N3CCC[C@@H]3c3cc(F)ccc3F)nc12)CN1CCC(c2ccc(NC3CCC(=O)NC3=O)cc2)CC1. The molecular weight excluding hydrogens is 706 g/mol. The molecular formula is C41H48F2N8O4. The van der Waals surface area contributed by atoms with Crippen molar-refractivity contribution < 1.29 is 28.0 Å². The molecule has 5 heterocycles. The fourth-order valence-electron chi connectivity index (χ4n) is 8.05. The molecule has 7 rings (SSSR count). The molecule has 3 aliphatic rings. The molecule has 1 unspecified atom stereocenters. The Labute approximate surface area is 319 Å². The van der Waals surface area contributed by atoms with Gasteiger partial charge in [0.05, 0.1) is 18.8 Å². The number of amides is 3. The van der Waals surface area contributed by atoms with Gasteiger partial charge in [-0.25, -0.2) is 18.3 Å². The number of rotatable bonds is 15. The van der Waals surface area contributed by atoms with Crippen molar-refractivity contribution >= 4 is 40.7 Å².